The Bertz CT molecular complexity index is 470. The summed E-state index contributed by atoms with van der Waals surface area (Å²) in [6.07, 6.45) is 4.47. The molecule has 3 rings (SSSR count). The number of likely N-dealkylation sites (tertiary alicyclic amines) is 1. The summed E-state index contributed by atoms with van der Waals surface area (Å²) in [5.41, 5.74) is 1.31. The molecule has 5 heteroatoms. The van der Waals surface area contributed by atoms with Crippen LogP contribution in [0, 0.1) is 5.92 Å². The fourth-order valence-electron chi connectivity index (χ4n) is 3.61. The number of nitrogens with zero attached hydrogens (tertiary/aromatic N) is 1. The molecular weight excluding hydrogens is 310 g/mol. The minimum Gasteiger partial charge on any atom is -0.354 e. The number of rotatable bonds is 5. The van der Waals surface area contributed by atoms with Crippen LogP contribution in [0.15, 0.2) is 30.3 Å². The molecule has 2 fully saturated rings. The normalized spacial score (nSPS) is 20.7. The molecule has 0 aliphatic carbocycles. The lowest BCUT2D eigenvalue weighted by Gasteiger charge is -2.29. The zero-order valence-electron chi connectivity index (χ0n) is 13.7. The second kappa shape index (κ2) is 9.26. The van der Waals surface area contributed by atoms with E-state index in [1.165, 1.54) is 18.4 Å². The van der Waals surface area contributed by atoms with E-state index >= 15 is 0 Å². The van der Waals surface area contributed by atoms with Gasteiger partial charge in [0.25, 0.3) is 0 Å². The summed E-state index contributed by atoms with van der Waals surface area (Å²) < 4.78 is 0. The molecule has 128 valence electrons. The molecule has 0 radical (unpaired) electrons. The van der Waals surface area contributed by atoms with E-state index in [-0.39, 0.29) is 24.2 Å². The van der Waals surface area contributed by atoms with Crippen LogP contribution in [0.5, 0.6) is 0 Å². The number of hydrogen-bond donors (Lipinski definition) is 2. The smallest absolute Gasteiger partial charge is 0.223 e. The first-order valence-electron chi connectivity index (χ1n) is 8.62. The van der Waals surface area contributed by atoms with E-state index in [9.17, 15) is 4.79 Å². The molecule has 2 aliphatic rings. The van der Waals surface area contributed by atoms with Gasteiger partial charge in [-0.05, 0) is 57.4 Å². The van der Waals surface area contributed by atoms with Gasteiger partial charge in [-0.15, -0.1) is 12.4 Å². The maximum atomic E-state index is 12.4. The summed E-state index contributed by atoms with van der Waals surface area (Å²) in [5, 5.41) is 6.54. The minimum atomic E-state index is 0. The molecule has 23 heavy (non-hydrogen) atoms. The lowest BCUT2D eigenvalue weighted by atomic mass is 9.97. The van der Waals surface area contributed by atoms with Crippen LogP contribution in [-0.4, -0.2) is 43.5 Å². The summed E-state index contributed by atoms with van der Waals surface area (Å²) in [4.78, 5) is 14.9. The fraction of sp³-hybridized carbons (Fsp3) is 0.611. The molecule has 2 saturated heterocycles. The van der Waals surface area contributed by atoms with Crippen molar-refractivity contribution in [3.63, 3.8) is 0 Å². The van der Waals surface area contributed by atoms with Crippen LogP contribution in [-0.2, 0) is 4.79 Å². The zero-order valence-corrected chi connectivity index (χ0v) is 14.5. The Labute approximate surface area is 145 Å². The first-order valence-corrected chi connectivity index (χ1v) is 8.62. The average molecular weight is 338 g/mol. The molecule has 0 bridgehead atoms. The zero-order chi connectivity index (χ0) is 15.2. The third kappa shape index (κ3) is 4.93. The molecule has 2 N–H and O–H groups in total. The minimum absolute atomic E-state index is 0. The summed E-state index contributed by atoms with van der Waals surface area (Å²) >= 11 is 0. The van der Waals surface area contributed by atoms with Crippen molar-refractivity contribution in [2.75, 3.05) is 32.7 Å². The SMILES string of the molecule is Cl.O=C(NCC(c1ccccc1)N1CCCC1)C1CCNCC1. The van der Waals surface area contributed by atoms with Gasteiger partial charge >= 0.3 is 0 Å². The van der Waals surface area contributed by atoms with Gasteiger partial charge in [0, 0.05) is 12.5 Å². The molecule has 1 amide bonds. The first kappa shape index (κ1) is 18.2. The van der Waals surface area contributed by atoms with E-state index in [1.807, 2.05) is 0 Å². The van der Waals surface area contributed by atoms with Gasteiger partial charge in [0.1, 0.15) is 0 Å². The summed E-state index contributed by atoms with van der Waals surface area (Å²) in [5.74, 6) is 0.429. The Morgan fingerprint density at radius 1 is 1.17 bits per heavy atom. The van der Waals surface area contributed by atoms with Crippen LogP contribution in [0.25, 0.3) is 0 Å². The molecular formula is C18H28ClN3O. The van der Waals surface area contributed by atoms with Crippen molar-refractivity contribution in [3.05, 3.63) is 35.9 Å². The van der Waals surface area contributed by atoms with Crippen LogP contribution in [0.4, 0.5) is 0 Å². The summed E-state index contributed by atoms with van der Waals surface area (Å²) in [7, 11) is 0. The fourth-order valence-corrected chi connectivity index (χ4v) is 3.61. The number of hydrogen-bond acceptors (Lipinski definition) is 3. The number of amides is 1. The van der Waals surface area contributed by atoms with Gasteiger partial charge in [-0.25, -0.2) is 0 Å². The molecule has 1 atom stereocenters. The van der Waals surface area contributed by atoms with Crippen LogP contribution in [0.1, 0.15) is 37.3 Å². The number of carbonyl (C=O) groups excluding carboxylic acids is 1. The van der Waals surface area contributed by atoms with Crippen molar-refractivity contribution in [1.82, 2.24) is 15.5 Å². The molecule has 0 spiro atoms. The summed E-state index contributed by atoms with van der Waals surface area (Å²) in [6, 6.07) is 10.9. The van der Waals surface area contributed by atoms with E-state index in [2.05, 4.69) is 45.9 Å². The van der Waals surface area contributed by atoms with Crippen LogP contribution < -0.4 is 10.6 Å². The lowest BCUT2D eigenvalue weighted by molar-refractivity contribution is -0.126. The Morgan fingerprint density at radius 2 is 1.83 bits per heavy atom. The quantitative estimate of drug-likeness (QED) is 0.867. The lowest BCUT2D eigenvalue weighted by Crippen LogP contribution is -2.42. The predicted molar refractivity (Wildman–Crippen MR) is 95.8 cm³/mol. The number of nitrogens with one attached hydrogen (secondary N) is 2. The topological polar surface area (TPSA) is 44.4 Å². The Balaban J connectivity index is 0.00000192. The molecule has 1 unspecified atom stereocenters. The largest absolute Gasteiger partial charge is 0.354 e. The molecule has 4 nitrogen and oxygen atoms in total. The number of halogens is 1. The van der Waals surface area contributed by atoms with E-state index in [4.69, 9.17) is 0 Å². The number of benzene rings is 1. The van der Waals surface area contributed by atoms with Crippen molar-refractivity contribution >= 4 is 18.3 Å². The maximum absolute atomic E-state index is 12.4. The van der Waals surface area contributed by atoms with E-state index in [1.54, 1.807) is 0 Å². The van der Waals surface area contributed by atoms with Crippen LogP contribution in [0.3, 0.4) is 0 Å². The Hall–Kier alpha value is -1.10. The second-order valence-electron chi connectivity index (χ2n) is 6.44. The van der Waals surface area contributed by atoms with Gasteiger partial charge in [0.2, 0.25) is 5.91 Å². The van der Waals surface area contributed by atoms with Gasteiger partial charge in [0.05, 0.1) is 6.04 Å². The van der Waals surface area contributed by atoms with E-state index in [0.29, 0.717) is 6.04 Å². The van der Waals surface area contributed by atoms with Gasteiger partial charge in [0.15, 0.2) is 0 Å². The second-order valence-corrected chi connectivity index (χ2v) is 6.44. The molecule has 1 aromatic rings. The first-order chi connectivity index (χ1) is 10.8. The third-order valence-corrected chi connectivity index (χ3v) is 4.95. The van der Waals surface area contributed by atoms with Gasteiger partial charge in [-0.3, -0.25) is 9.69 Å². The molecule has 1 aromatic carbocycles. The standard InChI is InChI=1S/C18H27N3O.ClH/c22-18(16-8-10-19-11-9-16)20-14-17(21-12-4-5-13-21)15-6-2-1-3-7-15;/h1-3,6-7,16-17,19H,4-5,8-14H2,(H,20,22);1H. The molecule has 2 heterocycles. The van der Waals surface area contributed by atoms with E-state index in [0.717, 1.165) is 45.6 Å². The highest BCUT2D eigenvalue weighted by Crippen LogP contribution is 2.24. The Morgan fingerprint density at radius 3 is 2.48 bits per heavy atom. The van der Waals surface area contributed by atoms with Gasteiger partial charge < -0.3 is 10.6 Å². The predicted octanol–water partition coefficient (Wildman–Crippen LogP) is 2.36. The Kier molecular flexibility index (Phi) is 7.34. The highest BCUT2D eigenvalue weighted by molar-refractivity contribution is 5.85. The monoisotopic (exact) mass is 337 g/mol. The van der Waals surface area contributed by atoms with Crippen LogP contribution >= 0.6 is 12.4 Å². The van der Waals surface area contributed by atoms with Crippen molar-refractivity contribution in [3.8, 4) is 0 Å². The van der Waals surface area contributed by atoms with Crippen molar-refractivity contribution in [2.45, 2.75) is 31.7 Å². The van der Waals surface area contributed by atoms with Gasteiger partial charge in [-0.1, -0.05) is 30.3 Å². The van der Waals surface area contributed by atoms with Crippen LogP contribution in [0.2, 0.25) is 0 Å². The van der Waals surface area contributed by atoms with Crippen molar-refractivity contribution in [1.29, 1.82) is 0 Å². The maximum Gasteiger partial charge on any atom is 0.223 e. The third-order valence-electron chi connectivity index (χ3n) is 4.95. The number of carbonyl (C=O) groups is 1. The molecule has 2 aliphatic heterocycles. The summed E-state index contributed by atoms with van der Waals surface area (Å²) in [6.45, 7) is 4.94. The number of piperidine rings is 1. The van der Waals surface area contributed by atoms with Crippen molar-refractivity contribution < 1.29 is 4.79 Å². The van der Waals surface area contributed by atoms with Gasteiger partial charge in [-0.2, -0.15) is 0 Å². The highest BCUT2D eigenvalue weighted by Gasteiger charge is 2.26. The molecule has 0 saturated carbocycles. The van der Waals surface area contributed by atoms with Crippen molar-refractivity contribution in [2.24, 2.45) is 5.92 Å². The molecule has 0 aromatic heterocycles. The van der Waals surface area contributed by atoms with E-state index < -0.39 is 0 Å². The highest BCUT2D eigenvalue weighted by atomic mass is 35.5. The average Bonchev–Trinajstić information content (AvgIpc) is 3.11.